The predicted octanol–water partition coefficient (Wildman–Crippen LogP) is 1.97. The van der Waals surface area contributed by atoms with E-state index in [-0.39, 0.29) is 11.5 Å². The second kappa shape index (κ2) is 4.94. The molecule has 2 N–H and O–H groups in total. The van der Waals surface area contributed by atoms with Crippen molar-refractivity contribution in [3.05, 3.63) is 34.9 Å². The van der Waals surface area contributed by atoms with Crippen LogP contribution in [-0.4, -0.2) is 51.4 Å². The van der Waals surface area contributed by atoms with Crippen LogP contribution < -0.4 is 0 Å². The molecule has 0 radical (unpaired) electrons. The lowest BCUT2D eigenvalue weighted by atomic mass is 9.45. The van der Waals surface area contributed by atoms with Crippen LogP contribution in [0.1, 0.15) is 61.3 Å². The van der Waals surface area contributed by atoms with Gasteiger partial charge in [0.15, 0.2) is 5.60 Å². The normalized spacial score (nSPS) is 45.2. The topological polar surface area (TPSA) is 70.0 Å². The zero-order valence-electron chi connectivity index (χ0n) is 15.8. The Morgan fingerprint density at radius 1 is 1.26 bits per heavy atom. The lowest BCUT2D eigenvalue weighted by Crippen LogP contribution is -2.81. The van der Waals surface area contributed by atoms with E-state index < -0.39 is 23.3 Å². The van der Waals surface area contributed by atoms with E-state index in [9.17, 15) is 15.0 Å². The molecule has 5 nitrogen and oxygen atoms in total. The molecule has 0 aromatic heterocycles. The van der Waals surface area contributed by atoms with Crippen LogP contribution in [0.15, 0.2) is 18.2 Å². The van der Waals surface area contributed by atoms with Crippen molar-refractivity contribution in [3.63, 3.8) is 0 Å². The Balaban J connectivity index is 1.59. The van der Waals surface area contributed by atoms with E-state index in [0.29, 0.717) is 25.2 Å². The summed E-state index contributed by atoms with van der Waals surface area (Å²) in [6, 6.07) is 6.05. The minimum atomic E-state index is -1.38. The zero-order valence-corrected chi connectivity index (χ0v) is 15.8. The molecular weight excluding hydrogens is 342 g/mol. The third-order valence-electron chi connectivity index (χ3n) is 8.20. The summed E-state index contributed by atoms with van der Waals surface area (Å²) in [5.74, 6) is 0.228. The van der Waals surface area contributed by atoms with Crippen molar-refractivity contribution in [2.45, 2.75) is 74.2 Å². The summed E-state index contributed by atoms with van der Waals surface area (Å²) in [6.07, 6.45) is 4.22. The quantitative estimate of drug-likeness (QED) is 0.780. The number of piperidine rings is 1. The molecule has 5 fully saturated rings. The highest BCUT2D eigenvalue weighted by Gasteiger charge is 2.76. The van der Waals surface area contributed by atoms with Gasteiger partial charge in [0.25, 0.3) is 0 Å². The molecule has 4 bridgehead atoms. The molecule has 1 aromatic carbocycles. The highest BCUT2D eigenvalue weighted by Crippen LogP contribution is 2.66. The summed E-state index contributed by atoms with van der Waals surface area (Å²) in [5.41, 5.74) is 0.714. The van der Waals surface area contributed by atoms with Crippen LogP contribution in [0.3, 0.4) is 0 Å². The van der Waals surface area contributed by atoms with E-state index in [1.165, 1.54) is 12.8 Å². The third-order valence-corrected chi connectivity index (χ3v) is 8.20. The van der Waals surface area contributed by atoms with E-state index in [1.54, 1.807) is 0 Å². The Bertz CT molecular complexity index is 851. The first-order valence-corrected chi connectivity index (χ1v) is 10.4. The van der Waals surface area contributed by atoms with E-state index in [0.717, 1.165) is 36.2 Å². The smallest absolute Gasteiger partial charge is 0.338 e. The number of nitrogens with zero attached hydrogens (tertiary/aromatic N) is 1. The SMILES string of the molecule is Cc1ccc2c(c1)[C@]13CCN(CC4CC4)[C@H]([C@@H]2O)[C@]12CC[C@](O)(C3)C(=O)O2. The number of likely N-dealkylation sites (tertiary alicyclic amines) is 1. The number of rotatable bonds is 2. The first-order valence-electron chi connectivity index (χ1n) is 10.4. The van der Waals surface area contributed by atoms with Crippen LogP contribution in [0.2, 0.25) is 0 Å². The van der Waals surface area contributed by atoms with Gasteiger partial charge in [-0.05, 0) is 62.6 Å². The summed E-state index contributed by atoms with van der Waals surface area (Å²) in [5, 5.41) is 22.5. The van der Waals surface area contributed by atoms with Gasteiger partial charge in [0, 0.05) is 18.4 Å². The highest BCUT2D eigenvalue weighted by molar-refractivity contribution is 5.83. The molecule has 0 amide bonds. The van der Waals surface area contributed by atoms with Gasteiger partial charge in [-0.15, -0.1) is 0 Å². The van der Waals surface area contributed by atoms with Gasteiger partial charge < -0.3 is 14.9 Å². The van der Waals surface area contributed by atoms with E-state index in [4.69, 9.17) is 4.74 Å². The number of benzene rings is 1. The standard InChI is InChI=1S/C22H27NO4/c1-13-2-5-15-16(10-13)20-8-9-23(11-14-3-4-14)18(17(15)24)22(20)7-6-21(26,12-20)19(25)27-22/h2,5,10,14,17-18,24,26H,3-4,6-9,11-12H2,1H3/t17-,18-,20-,21+,22-/m1/s1. The largest absolute Gasteiger partial charge is 0.454 e. The Morgan fingerprint density at radius 2 is 2.07 bits per heavy atom. The Kier molecular flexibility index (Phi) is 3.02. The van der Waals surface area contributed by atoms with Gasteiger partial charge in [-0.1, -0.05) is 23.8 Å². The Labute approximate surface area is 159 Å². The van der Waals surface area contributed by atoms with Gasteiger partial charge in [-0.25, -0.2) is 4.79 Å². The van der Waals surface area contributed by atoms with Crippen molar-refractivity contribution in [2.75, 3.05) is 13.1 Å². The van der Waals surface area contributed by atoms with Crippen molar-refractivity contribution in [1.29, 1.82) is 0 Å². The number of ether oxygens (including phenoxy) is 1. The number of carbonyl (C=O) groups is 1. The van der Waals surface area contributed by atoms with Crippen molar-refractivity contribution in [3.8, 4) is 0 Å². The highest BCUT2D eigenvalue weighted by atomic mass is 16.6. The number of fused-ring (bicyclic) bond motifs is 3. The fourth-order valence-corrected chi connectivity index (χ4v) is 6.77. The van der Waals surface area contributed by atoms with Crippen molar-refractivity contribution in [1.82, 2.24) is 4.90 Å². The van der Waals surface area contributed by atoms with Crippen molar-refractivity contribution in [2.24, 2.45) is 5.92 Å². The molecule has 5 heteroatoms. The second-order valence-corrected chi connectivity index (χ2v) is 9.74. The lowest BCUT2D eigenvalue weighted by molar-refractivity contribution is -0.283. The molecule has 1 aromatic rings. The van der Waals surface area contributed by atoms with Gasteiger partial charge in [-0.2, -0.15) is 0 Å². The van der Waals surface area contributed by atoms with Crippen LogP contribution in [0.4, 0.5) is 0 Å². The summed E-state index contributed by atoms with van der Waals surface area (Å²) in [4.78, 5) is 15.1. The summed E-state index contributed by atoms with van der Waals surface area (Å²) >= 11 is 0. The van der Waals surface area contributed by atoms with Crippen LogP contribution in [-0.2, 0) is 14.9 Å². The van der Waals surface area contributed by atoms with E-state index in [2.05, 4.69) is 24.0 Å². The predicted molar refractivity (Wildman–Crippen MR) is 98.1 cm³/mol. The van der Waals surface area contributed by atoms with Crippen LogP contribution in [0.25, 0.3) is 0 Å². The van der Waals surface area contributed by atoms with Crippen molar-refractivity contribution >= 4 is 5.97 Å². The number of esters is 1. The fraction of sp³-hybridized carbons (Fsp3) is 0.682. The molecule has 3 heterocycles. The summed E-state index contributed by atoms with van der Waals surface area (Å²) in [7, 11) is 0. The lowest BCUT2D eigenvalue weighted by Gasteiger charge is -2.70. The van der Waals surface area contributed by atoms with Gasteiger partial charge >= 0.3 is 5.97 Å². The number of hydrogen-bond acceptors (Lipinski definition) is 5. The number of carbonyl (C=O) groups excluding carboxylic acids is 1. The molecule has 1 spiro atoms. The molecule has 5 atom stereocenters. The van der Waals surface area contributed by atoms with Crippen LogP contribution in [0, 0.1) is 12.8 Å². The molecule has 2 saturated carbocycles. The van der Waals surface area contributed by atoms with Gasteiger partial charge in [0.2, 0.25) is 0 Å². The number of aliphatic hydroxyl groups excluding tert-OH is 1. The number of aliphatic hydroxyl groups is 2. The van der Waals surface area contributed by atoms with E-state index >= 15 is 0 Å². The Morgan fingerprint density at radius 3 is 2.81 bits per heavy atom. The molecular formula is C22H27NO4. The first kappa shape index (κ1) is 16.5. The van der Waals surface area contributed by atoms with Gasteiger partial charge in [0.05, 0.1) is 12.1 Å². The van der Waals surface area contributed by atoms with Gasteiger partial charge in [0.1, 0.15) is 5.60 Å². The average Bonchev–Trinajstić information content (AvgIpc) is 3.44. The summed E-state index contributed by atoms with van der Waals surface area (Å²) < 4.78 is 6.15. The number of aryl methyl sites for hydroxylation is 1. The zero-order chi connectivity index (χ0) is 18.6. The fourth-order valence-electron chi connectivity index (χ4n) is 6.77. The molecule has 27 heavy (non-hydrogen) atoms. The maximum atomic E-state index is 12.7. The van der Waals surface area contributed by atoms with Crippen molar-refractivity contribution < 1.29 is 19.7 Å². The first-order chi connectivity index (χ1) is 12.9. The average molecular weight is 369 g/mol. The molecule has 0 unspecified atom stereocenters. The molecule has 3 aliphatic carbocycles. The maximum Gasteiger partial charge on any atom is 0.338 e. The molecule has 7 rings (SSSR count). The third kappa shape index (κ3) is 1.88. The molecule has 3 saturated heterocycles. The minimum Gasteiger partial charge on any atom is -0.454 e. The molecule has 144 valence electrons. The Hall–Kier alpha value is -1.43. The van der Waals surface area contributed by atoms with Crippen LogP contribution >= 0.6 is 0 Å². The minimum absolute atomic E-state index is 0.212. The molecule has 3 aliphatic heterocycles. The monoisotopic (exact) mass is 369 g/mol. The summed E-state index contributed by atoms with van der Waals surface area (Å²) in [6.45, 7) is 3.93. The van der Waals surface area contributed by atoms with E-state index in [1.807, 2.05) is 6.07 Å². The number of hydrogen-bond donors (Lipinski definition) is 2. The van der Waals surface area contributed by atoms with Gasteiger partial charge in [-0.3, -0.25) is 4.90 Å². The second-order valence-electron chi connectivity index (χ2n) is 9.74. The maximum absolute atomic E-state index is 12.7. The molecule has 6 aliphatic rings. The van der Waals surface area contributed by atoms with Crippen LogP contribution in [0.5, 0.6) is 0 Å².